The lowest BCUT2D eigenvalue weighted by molar-refractivity contribution is -0.154. The molecule has 0 aliphatic rings. The van der Waals surface area contributed by atoms with E-state index in [0.29, 0.717) is 11.3 Å². The number of hydrogen-bond donors (Lipinski definition) is 1. The smallest absolute Gasteiger partial charge is 0.422 e. The highest BCUT2D eigenvalue weighted by molar-refractivity contribution is 5.92. The Kier molecular flexibility index (Phi) is 5.57. The summed E-state index contributed by atoms with van der Waals surface area (Å²) in [5.74, 6) is -1.12. The van der Waals surface area contributed by atoms with E-state index in [-0.39, 0.29) is 18.1 Å². The molecule has 1 amide bonds. The monoisotopic (exact) mass is 394 g/mol. The zero-order chi connectivity index (χ0) is 20.1. The minimum atomic E-state index is -4.47. The van der Waals surface area contributed by atoms with Gasteiger partial charge in [-0.15, -0.1) is 0 Å². The fraction of sp³-hybridized carbons (Fsp3) is 0.167. The maximum atomic E-state index is 13.3. The topological polar surface area (TPSA) is 69.0 Å². The maximum absolute atomic E-state index is 13.3. The van der Waals surface area contributed by atoms with Crippen molar-refractivity contribution < 1.29 is 27.1 Å². The zero-order valence-electron chi connectivity index (χ0n) is 14.3. The molecular formula is C18H14F4N4O2. The minimum absolute atomic E-state index is 0.0383. The number of aromatic nitrogens is 3. The van der Waals surface area contributed by atoms with Crippen LogP contribution >= 0.6 is 0 Å². The molecule has 1 N–H and O–H groups in total. The number of nitrogens with zero attached hydrogens (tertiary/aromatic N) is 3. The van der Waals surface area contributed by atoms with E-state index < -0.39 is 24.5 Å². The molecular weight excluding hydrogens is 380 g/mol. The largest absolute Gasteiger partial charge is 0.468 e. The van der Waals surface area contributed by atoms with Gasteiger partial charge in [0, 0.05) is 25.0 Å². The van der Waals surface area contributed by atoms with Crippen LogP contribution in [-0.2, 0) is 6.54 Å². The van der Waals surface area contributed by atoms with Crippen molar-refractivity contribution >= 4 is 5.91 Å². The maximum Gasteiger partial charge on any atom is 0.422 e. The van der Waals surface area contributed by atoms with Crippen LogP contribution < -0.4 is 10.1 Å². The summed E-state index contributed by atoms with van der Waals surface area (Å²) in [7, 11) is 0. The number of halogens is 4. The second kappa shape index (κ2) is 8.07. The van der Waals surface area contributed by atoms with Crippen molar-refractivity contribution in [2.24, 2.45) is 0 Å². The van der Waals surface area contributed by atoms with Gasteiger partial charge in [-0.3, -0.25) is 4.79 Å². The Morgan fingerprint density at radius 3 is 2.75 bits per heavy atom. The molecule has 3 aromatic rings. The van der Waals surface area contributed by atoms with Gasteiger partial charge < -0.3 is 10.1 Å². The Labute approximate surface area is 156 Å². The fourth-order valence-electron chi connectivity index (χ4n) is 2.28. The van der Waals surface area contributed by atoms with Crippen molar-refractivity contribution in [1.29, 1.82) is 0 Å². The lowest BCUT2D eigenvalue weighted by Gasteiger charge is -2.09. The SMILES string of the molecule is O=C(NCc1ccnc(OCC(F)(F)F)c1)c1ccn(-c2cccc(F)c2)n1. The van der Waals surface area contributed by atoms with Gasteiger partial charge in [0.2, 0.25) is 5.88 Å². The van der Waals surface area contributed by atoms with Crippen LogP contribution in [0.25, 0.3) is 5.69 Å². The van der Waals surface area contributed by atoms with E-state index in [1.165, 1.54) is 53.5 Å². The number of carbonyl (C=O) groups is 1. The summed E-state index contributed by atoms with van der Waals surface area (Å²) >= 11 is 0. The number of pyridine rings is 1. The van der Waals surface area contributed by atoms with Gasteiger partial charge in [-0.25, -0.2) is 14.1 Å². The van der Waals surface area contributed by atoms with E-state index in [2.05, 4.69) is 20.1 Å². The Balaban J connectivity index is 1.60. The van der Waals surface area contributed by atoms with E-state index >= 15 is 0 Å². The number of amides is 1. The van der Waals surface area contributed by atoms with Crippen molar-refractivity contribution in [3.05, 3.63) is 71.9 Å². The summed E-state index contributed by atoms with van der Waals surface area (Å²) < 4.78 is 55.8. The Bertz CT molecular complexity index is 972. The highest BCUT2D eigenvalue weighted by Crippen LogP contribution is 2.17. The molecule has 0 saturated heterocycles. The predicted octanol–water partition coefficient (Wildman–Crippen LogP) is 3.28. The molecule has 0 bridgehead atoms. The molecule has 0 aliphatic carbocycles. The lowest BCUT2D eigenvalue weighted by Crippen LogP contribution is -2.23. The molecule has 2 heterocycles. The predicted molar refractivity (Wildman–Crippen MR) is 90.5 cm³/mol. The molecule has 1 aromatic carbocycles. The second-order valence-electron chi connectivity index (χ2n) is 5.71. The van der Waals surface area contributed by atoms with Crippen molar-refractivity contribution in [2.75, 3.05) is 6.61 Å². The van der Waals surface area contributed by atoms with Crippen LogP contribution in [0.2, 0.25) is 0 Å². The molecule has 2 aromatic heterocycles. The van der Waals surface area contributed by atoms with Gasteiger partial charge >= 0.3 is 6.18 Å². The van der Waals surface area contributed by atoms with Crippen molar-refractivity contribution in [1.82, 2.24) is 20.1 Å². The first-order valence-corrected chi connectivity index (χ1v) is 8.04. The highest BCUT2D eigenvalue weighted by atomic mass is 19.4. The van der Waals surface area contributed by atoms with Crippen LogP contribution in [0.15, 0.2) is 54.9 Å². The molecule has 0 aliphatic heterocycles. The van der Waals surface area contributed by atoms with Crippen LogP contribution in [0.5, 0.6) is 5.88 Å². The number of ether oxygens (including phenoxy) is 1. The highest BCUT2D eigenvalue weighted by Gasteiger charge is 2.28. The number of carbonyl (C=O) groups excluding carboxylic acids is 1. The third kappa shape index (κ3) is 5.29. The first-order chi connectivity index (χ1) is 13.3. The minimum Gasteiger partial charge on any atom is -0.468 e. The quantitative estimate of drug-likeness (QED) is 0.652. The van der Waals surface area contributed by atoms with Gasteiger partial charge in [-0.2, -0.15) is 18.3 Å². The van der Waals surface area contributed by atoms with Gasteiger partial charge in [0.15, 0.2) is 12.3 Å². The summed E-state index contributed by atoms with van der Waals surface area (Å²) in [4.78, 5) is 15.9. The number of hydrogen-bond acceptors (Lipinski definition) is 4. The Morgan fingerprint density at radius 2 is 2.00 bits per heavy atom. The van der Waals surface area contributed by atoms with E-state index in [1.807, 2.05) is 0 Å². The van der Waals surface area contributed by atoms with Crippen LogP contribution in [-0.4, -0.2) is 33.5 Å². The van der Waals surface area contributed by atoms with Crippen molar-refractivity contribution in [3.8, 4) is 11.6 Å². The Morgan fingerprint density at radius 1 is 1.18 bits per heavy atom. The fourth-order valence-corrected chi connectivity index (χ4v) is 2.28. The summed E-state index contributed by atoms with van der Waals surface area (Å²) in [5.41, 5.74) is 1.07. The Hall–Kier alpha value is -3.43. The van der Waals surface area contributed by atoms with Crippen molar-refractivity contribution in [2.45, 2.75) is 12.7 Å². The van der Waals surface area contributed by atoms with E-state index in [9.17, 15) is 22.4 Å². The van der Waals surface area contributed by atoms with E-state index in [0.717, 1.165) is 0 Å². The summed E-state index contributed by atoms with van der Waals surface area (Å²) in [6.45, 7) is -1.41. The molecule has 0 radical (unpaired) electrons. The molecule has 10 heteroatoms. The van der Waals surface area contributed by atoms with E-state index in [1.54, 1.807) is 6.07 Å². The number of alkyl halides is 3. The van der Waals surface area contributed by atoms with Crippen LogP contribution in [0.3, 0.4) is 0 Å². The molecule has 0 fully saturated rings. The molecule has 0 saturated carbocycles. The second-order valence-corrected chi connectivity index (χ2v) is 5.71. The average molecular weight is 394 g/mol. The lowest BCUT2D eigenvalue weighted by atomic mass is 10.2. The molecule has 0 spiro atoms. The molecule has 0 atom stereocenters. The van der Waals surface area contributed by atoms with Gasteiger partial charge in [0.05, 0.1) is 5.69 Å². The van der Waals surface area contributed by atoms with Crippen LogP contribution in [0, 0.1) is 5.82 Å². The summed E-state index contributed by atoms with van der Waals surface area (Å²) in [6.07, 6.45) is -1.67. The average Bonchev–Trinajstić information content (AvgIpc) is 3.15. The molecule has 3 rings (SSSR count). The number of rotatable bonds is 6. The van der Waals surface area contributed by atoms with Crippen molar-refractivity contribution in [3.63, 3.8) is 0 Å². The van der Waals surface area contributed by atoms with Gasteiger partial charge in [-0.1, -0.05) is 6.07 Å². The zero-order valence-corrected chi connectivity index (χ0v) is 14.3. The molecule has 28 heavy (non-hydrogen) atoms. The van der Waals surface area contributed by atoms with E-state index in [4.69, 9.17) is 0 Å². The first kappa shape index (κ1) is 19.3. The normalized spacial score (nSPS) is 11.3. The van der Waals surface area contributed by atoms with Crippen LogP contribution in [0.1, 0.15) is 16.1 Å². The van der Waals surface area contributed by atoms with Gasteiger partial charge in [0.25, 0.3) is 5.91 Å². The third-order valence-corrected chi connectivity index (χ3v) is 3.53. The molecule has 6 nitrogen and oxygen atoms in total. The number of nitrogens with one attached hydrogen (secondary N) is 1. The molecule has 0 unspecified atom stereocenters. The van der Waals surface area contributed by atoms with Gasteiger partial charge in [0.1, 0.15) is 5.82 Å². The number of benzene rings is 1. The first-order valence-electron chi connectivity index (χ1n) is 8.04. The standard InChI is InChI=1S/C18H14F4N4O2/c19-13-2-1-3-14(9-13)26-7-5-15(25-26)17(27)24-10-12-4-6-23-16(8-12)28-11-18(20,21)22/h1-9H,10-11H2,(H,24,27). The summed E-state index contributed by atoms with van der Waals surface area (Å²) in [5, 5.41) is 6.68. The molecule has 146 valence electrons. The van der Waals surface area contributed by atoms with Crippen LogP contribution in [0.4, 0.5) is 17.6 Å². The third-order valence-electron chi connectivity index (χ3n) is 3.53. The van der Waals surface area contributed by atoms with Gasteiger partial charge in [-0.05, 0) is 35.9 Å². The summed E-state index contributed by atoms with van der Waals surface area (Å²) in [6, 6.07) is 10.0.